The topological polar surface area (TPSA) is 17.1 Å². The molecule has 0 saturated carbocycles. The highest BCUT2D eigenvalue weighted by atomic mass is 35.5. The van der Waals surface area contributed by atoms with E-state index in [1.165, 1.54) is 30.8 Å². The lowest BCUT2D eigenvalue weighted by Crippen LogP contribution is -2.02. The third-order valence-electron chi connectivity index (χ3n) is 1.78. The van der Waals surface area contributed by atoms with Crippen LogP contribution in [-0.4, -0.2) is 12.0 Å². The van der Waals surface area contributed by atoms with Gasteiger partial charge < -0.3 is 0 Å². The van der Waals surface area contributed by atoms with Gasteiger partial charge in [0.05, 0.1) is 0 Å². The number of halogens is 2. The van der Waals surface area contributed by atoms with Gasteiger partial charge in [0.25, 0.3) is 0 Å². The number of carbonyl (C=O) groups is 1. The standard InChI is InChI=1S/C10H10ClFOS/c1-6(13)10(11)7-3-8(12)5-9(4-7)14-2/h3-5,10H,1-2H3. The molecule has 0 heterocycles. The number of ketones is 1. The largest absolute Gasteiger partial charge is 0.298 e. The maximum absolute atomic E-state index is 13.1. The van der Waals surface area contributed by atoms with Gasteiger partial charge in [0.15, 0.2) is 5.78 Å². The molecule has 0 amide bonds. The van der Waals surface area contributed by atoms with Gasteiger partial charge in [-0.2, -0.15) is 0 Å². The zero-order chi connectivity index (χ0) is 10.7. The van der Waals surface area contributed by atoms with Crippen LogP contribution in [0.3, 0.4) is 0 Å². The first-order chi connectivity index (χ1) is 6.54. The second-order valence-electron chi connectivity index (χ2n) is 2.90. The average molecular weight is 233 g/mol. The van der Waals surface area contributed by atoms with Gasteiger partial charge >= 0.3 is 0 Å². The summed E-state index contributed by atoms with van der Waals surface area (Å²) < 4.78 is 13.1. The van der Waals surface area contributed by atoms with Crippen molar-refractivity contribution >= 4 is 29.1 Å². The smallest absolute Gasteiger partial charge is 0.152 e. The van der Waals surface area contributed by atoms with E-state index in [2.05, 4.69) is 0 Å². The summed E-state index contributed by atoms with van der Waals surface area (Å²) in [5, 5.41) is -0.753. The third kappa shape index (κ3) is 2.72. The molecule has 14 heavy (non-hydrogen) atoms. The van der Waals surface area contributed by atoms with Crippen LogP contribution < -0.4 is 0 Å². The van der Waals surface area contributed by atoms with E-state index in [1.807, 2.05) is 6.26 Å². The number of thioether (sulfide) groups is 1. The molecule has 0 aliphatic carbocycles. The molecule has 0 aromatic heterocycles. The summed E-state index contributed by atoms with van der Waals surface area (Å²) in [6.45, 7) is 1.39. The highest BCUT2D eigenvalue weighted by Gasteiger charge is 2.14. The van der Waals surface area contributed by atoms with Gasteiger partial charge in [-0.1, -0.05) is 0 Å². The first-order valence-corrected chi connectivity index (χ1v) is 5.69. The lowest BCUT2D eigenvalue weighted by atomic mass is 10.1. The molecule has 0 bridgehead atoms. The van der Waals surface area contributed by atoms with Crippen LogP contribution in [0.25, 0.3) is 0 Å². The summed E-state index contributed by atoms with van der Waals surface area (Å²) in [4.78, 5) is 11.8. The van der Waals surface area contributed by atoms with Gasteiger partial charge in [0.2, 0.25) is 0 Å². The fourth-order valence-corrected chi connectivity index (χ4v) is 1.69. The van der Waals surface area contributed by atoms with Gasteiger partial charge in [-0.3, -0.25) is 4.79 Å². The zero-order valence-electron chi connectivity index (χ0n) is 7.88. The number of carbonyl (C=O) groups excluding carboxylic acids is 1. The summed E-state index contributed by atoms with van der Waals surface area (Å²) in [6, 6.07) is 4.43. The van der Waals surface area contributed by atoms with Crippen LogP contribution >= 0.6 is 23.4 Å². The van der Waals surface area contributed by atoms with E-state index in [9.17, 15) is 9.18 Å². The van der Waals surface area contributed by atoms with Crippen LogP contribution in [0.1, 0.15) is 17.9 Å². The predicted octanol–water partition coefficient (Wildman–Crippen LogP) is 3.42. The van der Waals surface area contributed by atoms with Crippen molar-refractivity contribution in [3.8, 4) is 0 Å². The van der Waals surface area contributed by atoms with E-state index in [0.29, 0.717) is 5.56 Å². The zero-order valence-corrected chi connectivity index (χ0v) is 9.45. The Balaban J connectivity index is 3.08. The van der Waals surface area contributed by atoms with Gasteiger partial charge in [0, 0.05) is 4.90 Å². The first kappa shape index (κ1) is 11.5. The van der Waals surface area contributed by atoms with Gasteiger partial charge in [-0.05, 0) is 36.9 Å². The van der Waals surface area contributed by atoms with Crippen LogP contribution in [0.5, 0.6) is 0 Å². The molecular formula is C10H10ClFOS. The van der Waals surface area contributed by atoms with E-state index < -0.39 is 5.38 Å². The molecule has 1 nitrogen and oxygen atoms in total. The van der Waals surface area contributed by atoms with Crippen molar-refractivity contribution in [3.63, 3.8) is 0 Å². The average Bonchev–Trinajstić information content (AvgIpc) is 2.15. The predicted molar refractivity (Wildman–Crippen MR) is 57.5 cm³/mol. The molecule has 76 valence electrons. The molecule has 0 aliphatic heterocycles. The fraction of sp³-hybridized carbons (Fsp3) is 0.300. The number of benzene rings is 1. The number of hydrogen-bond acceptors (Lipinski definition) is 2. The van der Waals surface area contributed by atoms with E-state index in [4.69, 9.17) is 11.6 Å². The Hall–Kier alpha value is -0.540. The number of rotatable bonds is 3. The SMILES string of the molecule is CSc1cc(F)cc(C(Cl)C(C)=O)c1. The number of hydrogen-bond donors (Lipinski definition) is 0. The molecule has 4 heteroatoms. The molecule has 0 aliphatic rings. The van der Waals surface area contributed by atoms with Crippen LogP contribution in [0, 0.1) is 5.82 Å². The van der Waals surface area contributed by atoms with E-state index >= 15 is 0 Å². The minimum absolute atomic E-state index is 0.177. The third-order valence-corrected chi connectivity index (χ3v) is 3.05. The molecule has 0 radical (unpaired) electrons. The van der Waals surface area contributed by atoms with Gasteiger partial charge in [-0.15, -0.1) is 23.4 Å². The molecule has 1 atom stereocenters. The molecular weight excluding hydrogens is 223 g/mol. The monoisotopic (exact) mass is 232 g/mol. The molecule has 0 spiro atoms. The van der Waals surface area contributed by atoms with Crippen molar-refractivity contribution in [3.05, 3.63) is 29.6 Å². The van der Waals surface area contributed by atoms with Gasteiger partial charge in [0.1, 0.15) is 11.2 Å². The van der Waals surface area contributed by atoms with Crippen molar-refractivity contribution < 1.29 is 9.18 Å². The fourth-order valence-electron chi connectivity index (χ4n) is 1.08. The lowest BCUT2D eigenvalue weighted by molar-refractivity contribution is -0.116. The second kappa shape index (κ2) is 4.80. The summed E-state index contributed by atoms with van der Waals surface area (Å²) in [5.41, 5.74) is 0.517. The van der Waals surface area contributed by atoms with E-state index in [1.54, 1.807) is 6.07 Å². The van der Waals surface area contributed by atoms with E-state index in [-0.39, 0.29) is 11.6 Å². The molecule has 1 unspecified atom stereocenters. The normalized spacial score (nSPS) is 12.6. The summed E-state index contributed by atoms with van der Waals surface area (Å²) in [6.07, 6.45) is 1.84. The Morgan fingerprint density at radius 2 is 2.14 bits per heavy atom. The van der Waals surface area contributed by atoms with Crippen molar-refractivity contribution in [1.29, 1.82) is 0 Å². The molecule has 1 aromatic rings. The Labute approximate surface area is 91.6 Å². The molecule has 0 fully saturated rings. The van der Waals surface area contributed by atoms with Crippen molar-refractivity contribution in [2.45, 2.75) is 17.2 Å². The van der Waals surface area contributed by atoms with Crippen LogP contribution in [-0.2, 0) is 4.79 Å². The van der Waals surface area contributed by atoms with Crippen LogP contribution in [0.4, 0.5) is 4.39 Å². The Morgan fingerprint density at radius 3 is 2.64 bits per heavy atom. The Kier molecular flexibility index (Phi) is 3.96. The highest BCUT2D eigenvalue weighted by molar-refractivity contribution is 7.98. The van der Waals surface area contributed by atoms with E-state index in [0.717, 1.165) is 4.90 Å². The van der Waals surface area contributed by atoms with Crippen molar-refractivity contribution in [2.75, 3.05) is 6.26 Å². The molecule has 1 rings (SSSR count). The Morgan fingerprint density at radius 1 is 1.50 bits per heavy atom. The number of Topliss-reactive ketones (excluding diaryl/α,β-unsaturated/α-hetero) is 1. The lowest BCUT2D eigenvalue weighted by Gasteiger charge is -2.07. The summed E-state index contributed by atoms with van der Waals surface area (Å²) in [5.74, 6) is -0.539. The minimum atomic E-state index is -0.753. The van der Waals surface area contributed by atoms with Gasteiger partial charge in [-0.25, -0.2) is 4.39 Å². The summed E-state index contributed by atoms with van der Waals surface area (Å²) in [7, 11) is 0. The molecule has 0 N–H and O–H groups in total. The minimum Gasteiger partial charge on any atom is -0.298 e. The maximum atomic E-state index is 13.1. The van der Waals surface area contributed by atoms with Crippen molar-refractivity contribution in [1.82, 2.24) is 0 Å². The first-order valence-electron chi connectivity index (χ1n) is 4.03. The van der Waals surface area contributed by atoms with Crippen LogP contribution in [0.2, 0.25) is 0 Å². The summed E-state index contributed by atoms with van der Waals surface area (Å²) >= 11 is 7.23. The van der Waals surface area contributed by atoms with Crippen LogP contribution in [0.15, 0.2) is 23.1 Å². The maximum Gasteiger partial charge on any atom is 0.152 e. The number of alkyl halides is 1. The molecule has 0 saturated heterocycles. The molecule has 1 aromatic carbocycles. The second-order valence-corrected chi connectivity index (χ2v) is 4.21. The quantitative estimate of drug-likeness (QED) is 0.587. The highest BCUT2D eigenvalue weighted by Crippen LogP contribution is 2.26. The Bertz CT molecular complexity index is 354. The van der Waals surface area contributed by atoms with Crippen molar-refractivity contribution in [2.24, 2.45) is 0 Å².